The number of hydrogen-bond acceptors (Lipinski definition) is 5. The molecule has 0 saturated carbocycles. The summed E-state index contributed by atoms with van der Waals surface area (Å²) in [5.41, 5.74) is 3.67. The second kappa shape index (κ2) is 7.88. The maximum Gasteiger partial charge on any atom is 0.257 e. The number of carbonyl (C=O) groups excluding carboxylic acids is 1. The summed E-state index contributed by atoms with van der Waals surface area (Å²) in [5.74, 6) is -0.370. The van der Waals surface area contributed by atoms with Crippen LogP contribution in [0.15, 0.2) is 60.0 Å². The molecular formula is C21H21N3O3S2. The minimum atomic E-state index is -3.48. The largest absolute Gasteiger partial charge is 0.367 e. The van der Waals surface area contributed by atoms with Crippen molar-refractivity contribution in [2.24, 2.45) is 0 Å². The Morgan fingerprint density at radius 2 is 1.83 bits per heavy atom. The van der Waals surface area contributed by atoms with Crippen molar-refractivity contribution < 1.29 is 13.2 Å². The predicted octanol–water partition coefficient (Wildman–Crippen LogP) is 3.93. The Morgan fingerprint density at radius 3 is 2.59 bits per heavy atom. The third-order valence-corrected chi connectivity index (χ3v) is 6.38. The molecule has 0 atom stereocenters. The summed E-state index contributed by atoms with van der Waals surface area (Å²) in [5, 5.41) is 4.98. The number of carbonyl (C=O) groups is 1. The molecule has 0 bridgehead atoms. The number of nitrogens with zero attached hydrogens (tertiary/aromatic N) is 1. The molecule has 0 fully saturated rings. The molecule has 1 aromatic heterocycles. The van der Waals surface area contributed by atoms with E-state index in [0.717, 1.165) is 31.5 Å². The molecule has 1 amide bonds. The lowest BCUT2D eigenvalue weighted by atomic mass is 10.1. The summed E-state index contributed by atoms with van der Waals surface area (Å²) < 4.78 is 25.4. The molecule has 0 saturated heterocycles. The van der Waals surface area contributed by atoms with Gasteiger partial charge in [-0.2, -0.15) is 0 Å². The molecule has 2 N–H and O–H groups in total. The normalized spacial score (nSPS) is 13.6. The molecule has 2 heterocycles. The molecule has 4 rings (SSSR count). The first-order valence-electron chi connectivity index (χ1n) is 9.17. The summed E-state index contributed by atoms with van der Waals surface area (Å²) in [6, 6.07) is 16.4. The summed E-state index contributed by atoms with van der Waals surface area (Å²) >= 11 is 1.82. The molecule has 0 radical (unpaired) electrons. The number of hydrogen-bond donors (Lipinski definition) is 2. The molecule has 6 nitrogen and oxygen atoms in total. The first-order valence-corrected chi connectivity index (χ1v) is 11.9. The van der Waals surface area contributed by atoms with Crippen molar-refractivity contribution in [3.05, 3.63) is 76.0 Å². The summed E-state index contributed by atoms with van der Waals surface area (Å²) in [4.78, 5) is 16.4. The van der Waals surface area contributed by atoms with Gasteiger partial charge in [0.1, 0.15) is 0 Å². The molecule has 0 unspecified atom stereocenters. The summed E-state index contributed by atoms with van der Waals surface area (Å²) in [7, 11) is -3.48. The van der Waals surface area contributed by atoms with Crippen molar-refractivity contribution in [1.29, 1.82) is 0 Å². The molecular weight excluding hydrogens is 406 g/mol. The Balaban J connectivity index is 1.46. The Hall–Kier alpha value is -2.84. The van der Waals surface area contributed by atoms with Crippen LogP contribution in [0, 0.1) is 0 Å². The van der Waals surface area contributed by atoms with E-state index in [1.54, 1.807) is 24.3 Å². The van der Waals surface area contributed by atoms with Gasteiger partial charge in [-0.15, -0.1) is 11.3 Å². The van der Waals surface area contributed by atoms with Crippen LogP contribution in [0.25, 0.3) is 0 Å². The average molecular weight is 428 g/mol. The van der Waals surface area contributed by atoms with Gasteiger partial charge in [0.2, 0.25) is 10.0 Å². The maximum absolute atomic E-state index is 12.7. The zero-order chi connectivity index (χ0) is 20.4. The van der Waals surface area contributed by atoms with Crippen LogP contribution in [-0.4, -0.2) is 27.1 Å². The molecule has 8 heteroatoms. The van der Waals surface area contributed by atoms with Crippen LogP contribution in [0.1, 0.15) is 20.8 Å². The molecule has 2 aromatic carbocycles. The highest BCUT2D eigenvalue weighted by molar-refractivity contribution is 7.92. The van der Waals surface area contributed by atoms with E-state index in [2.05, 4.69) is 26.4 Å². The highest BCUT2D eigenvalue weighted by Gasteiger charge is 2.18. The van der Waals surface area contributed by atoms with E-state index < -0.39 is 10.0 Å². The first kappa shape index (κ1) is 19.5. The van der Waals surface area contributed by atoms with Gasteiger partial charge in [0.15, 0.2) is 0 Å². The molecule has 1 aliphatic rings. The lowest BCUT2D eigenvalue weighted by Gasteiger charge is -2.29. The van der Waals surface area contributed by atoms with Crippen LogP contribution < -0.4 is 14.9 Å². The number of sulfonamides is 1. The highest BCUT2D eigenvalue weighted by atomic mass is 32.2. The minimum Gasteiger partial charge on any atom is -0.367 e. The van der Waals surface area contributed by atoms with Gasteiger partial charge in [-0.25, -0.2) is 8.42 Å². The van der Waals surface area contributed by atoms with Crippen molar-refractivity contribution in [1.82, 2.24) is 0 Å². The quantitative estimate of drug-likeness (QED) is 0.647. The number of anilines is 3. The van der Waals surface area contributed by atoms with E-state index in [1.165, 1.54) is 10.4 Å². The van der Waals surface area contributed by atoms with Gasteiger partial charge in [-0.05, 0) is 59.8 Å². The van der Waals surface area contributed by atoms with Crippen LogP contribution in [0.2, 0.25) is 0 Å². The van der Waals surface area contributed by atoms with Crippen LogP contribution in [0.4, 0.5) is 17.1 Å². The van der Waals surface area contributed by atoms with Crippen molar-refractivity contribution in [2.75, 3.05) is 27.7 Å². The van der Waals surface area contributed by atoms with E-state index in [4.69, 9.17) is 0 Å². The molecule has 1 aliphatic heterocycles. The van der Waals surface area contributed by atoms with Crippen molar-refractivity contribution in [3.8, 4) is 0 Å². The standard InChI is InChI=1S/C21H21N3O3S2/c1-29(26,27)23-19-5-3-2-4-18(19)21(25)22-16-6-8-17(9-7-16)24-12-10-20-15(14-24)11-13-28-20/h2-9,11,13,23H,10,12,14H2,1H3,(H,22,25). The third-order valence-electron chi connectivity index (χ3n) is 4.77. The topological polar surface area (TPSA) is 78.5 Å². The fraction of sp³-hybridized carbons (Fsp3) is 0.190. The number of fused-ring (bicyclic) bond motifs is 1. The van der Waals surface area contributed by atoms with Crippen LogP contribution in [0.3, 0.4) is 0 Å². The second-order valence-corrected chi connectivity index (χ2v) is 9.71. The van der Waals surface area contributed by atoms with Gasteiger partial charge in [-0.3, -0.25) is 9.52 Å². The number of amides is 1. The van der Waals surface area contributed by atoms with Crippen LogP contribution in [-0.2, 0) is 23.0 Å². The Morgan fingerprint density at radius 1 is 1.07 bits per heavy atom. The Kier molecular flexibility index (Phi) is 5.29. The highest BCUT2D eigenvalue weighted by Crippen LogP contribution is 2.28. The third kappa shape index (κ3) is 4.60. The number of rotatable bonds is 5. The monoisotopic (exact) mass is 427 g/mol. The predicted molar refractivity (Wildman–Crippen MR) is 118 cm³/mol. The van der Waals surface area contributed by atoms with Gasteiger partial charge in [0, 0.05) is 29.3 Å². The van der Waals surface area contributed by atoms with E-state index in [-0.39, 0.29) is 17.2 Å². The molecule has 0 aliphatic carbocycles. The van der Waals surface area contributed by atoms with E-state index in [1.807, 2.05) is 35.6 Å². The summed E-state index contributed by atoms with van der Waals surface area (Å²) in [6.45, 7) is 1.87. The molecule has 0 spiro atoms. The zero-order valence-corrected chi connectivity index (χ0v) is 17.5. The van der Waals surface area contributed by atoms with Gasteiger partial charge < -0.3 is 10.2 Å². The van der Waals surface area contributed by atoms with Gasteiger partial charge in [-0.1, -0.05) is 12.1 Å². The van der Waals surface area contributed by atoms with E-state index in [0.29, 0.717) is 5.69 Å². The van der Waals surface area contributed by atoms with Crippen LogP contribution in [0.5, 0.6) is 0 Å². The van der Waals surface area contributed by atoms with Crippen molar-refractivity contribution >= 4 is 44.3 Å². The molecule has 3 aromatic rings. The van der Waals surface area contributed by atoms with Crippen LogP contribution >= 0.6 is 11.3 Å². The van der Waals surface area contributed by atoms with Crippen molar-refractivity contribution in [3.63, 3.8) is 0 Å². The SMILES string of the molecule is CS(=O)(=O)Nc1ccccc1C(=O)Nc1ccc(N2CCc3sccc3C2)cc1. The molecule has 150 valence electrons. The van der Waals surface area contributed by atoms with E-state index in [9.17, 15) is 13.2 Å². The maximum atomic E-state index is 12.7. The lowest BCUT2D eigenvalue weighted by molar-refractivity contribution is 0.102. The fourth-order valence-electron chi connectivity index (χ4n) is 3.39. The Labute approximate surface area is 174 Å². The number of benzene rings is 2. The number of thiophene rings is 1. The average Bonchev–Trinajstić information content (AvgIpc) is 3.15. The lowest BCUT2D eigenvalue weighted by Crippen LogP contribution is -2.29. The van der Waals surface area contributed by atoms with E-state index >= 15 is 0 Å². The minimum absolute atomic E-state index is 0.254. The smallest absolute Gasteiger partial charge is 0.257 e. The number of para-hydroxylation sites is 1. The second-order valence-electron chi connectivity index (χ2n) is 6.96. The Bertz CT molecular complexity index is 1140. The fourth-order valence-corrected chi connectivity index (χ4v) is 4.86. The van der Waals surface area contributed by atoms with Gasteiger partial charge in [0.05, 0.1) is 17.5 Å². The first-order chi connectivity index (χ1) is 13.9. The number of nitrogens with one attached hydrogen (secondary N) is 2. The molecule has 29 heavy (non-hydrogen) atoms. The van der Waals surface area contributed by atoms with Gasteiger partial charge in [0.25, 0.3) is 5.91 Å². The zero-order valence-electron chi connectivity index (χ0n) is 15.9. The van der Waals surface area contributed by atoms with Crippen molar-refractivity contribution in [2.45, 2.75) is 13.0 Å². The van der Waals surface area contributed by atoms with Gasteiger partial charge >= 0.3 is 0 Å². The summed E-state index contributed by atoms with van der Waals surface area (Å²) in [6.07, 6.45) is 2.11.